The van der Waals surface area contributed by atoms with E-state index in [9.17, 15) is 13.2 Å². The van der Waals surface area contributed by atoms with Crippen molar-refractivity contribution < 1.29 is 17.9 Å². The molecule has 1 aromatic rings. The summed E-state index contributed by atoms with van der Waals surface area (Å²) < 4.78 is 32.8. The summed E-state index contributed by atoms with van der Waals surface area (Å²) in [5.41, 5.74) is 0. The molecule has 1 atom stereocenters. The second-order valence-electron chi connectivity index (χ2n) is 4.33. The summed E-state index contributed by atoms with van der Waals surface area (Å²) in [6.45, 7) is 2.11. The minimum Gasteiger partial charge on any atom is -0.465 e. The molecule has 0 saturated carbocycles. The first-order valence-corrected chi connectivity index (χ1v) is 8.20. The first kappa shape index (κ1) is 15.9. The fourth-order valence-corrected chi connectivity index (χ4v) is 3.54. The minimum absolute atomic E-state index is 0.117. The molecule has 0 aromatic carbocycles. The number of nitrogens with zero attached hydrogens (tertiary/aromatic N) is 3. The van der Waals surface area contributed by atoms with Gasteiger partial charge in [-0.3, -0.25) is 4.79 Å². The fourth-order valence-electron chi connectivity index (χ4n) is 2.06. The Balaban J connectivity index is 2.16. The number of ether oxygens (including phenoxy) is 1. The topological polar surface area (TPSA) is 101 Å². The lowest BCUT2D eigenvalue weighted by atomic mass is 10.2. The summed E-state index contributed by atoms with van der Waals surface area (Å²) in [4.78, 5) is 19.3. The molecule has 0 bridgehead atoms. The van der Waals surface area contributed by atoms with Gasteiger partial charge < -0.3 is 4.74 Å². The van der Waals surface area contributed by atoms with Crippen molar-refractivity contribution in [2.24, 2.45) is 0 Å². The summed E-state index contributed by atoms with van der Waals surface area (Å²) >= 11 is 5.68. The van der Waals surface area contributed by atoms with E-state index in [1.165, 1.54) is 12.3 Å². The first-order chi connectivity index (χ1) is 9.94. The van der Waals surface area contributed by atoms with Gasteiger partial charge in [0.15, 0.2) is 0 Å². The van der Waals surface area contributed by atoms with Crippen LogP contribution in [0.2, 0.25) is 5.15 Å². The van der Waals surface area contributed by atoms with Crippen LogP contribution < -0.4 is 4.72 Å². The highest BCUT2D eigenvalue weighted by Crippen LogP contribution is 2.23. The van der Waals surface area contributed by atoms with E-state index in [0.29, 0.717) is 12.8 Å². The highest BCUT2D eigenvalue weighted by atomic mass is 35.5. The van der Waals surface area contributed by atoms with Gasteiger partial charge in [-0.05, 0) is 25.8 Å². The number of rotatable bonds is 5. The quantitative estimate of drug-likeness (QED) is 0.631. The molecule has 0 amide bonds. The Labute approximate surface area is 127 Å². The molecule has 116 valence electrons. The maximum atomic E-state index is 12.3. The van der Waals surface area contributed by atoms with Crippen LogP contribution in [0.5, 0.6) is 0 Å². The van der Waals surface area contributed by atoms with Gasteiger partial charge in [0.25, 0.3) is 0 Å². The average Bonchev–Trinajstić information content (AvgIpc) is 2.88. The Hall–Kier alpha value is -1.45. The lowest BCUT2D eigenvalue weighted by Gasteiger charge is -2.22. The number of halogens is 1. The van der Waals surface area contributed by atoms with Crippen molar-refractivity contribution in [2.75, 3.05) is 17.9 Å². The third kappa shape index (κ3) is 3.80. The smallest absolute Gasteiger partial charge is 0.324 e. The van der Waals surface area contributed by atoms with E-state index in [-0.39, 0.29) is 24.3 Å². The van der Waals surface area contributed by atoms with Crippen LogP contribution in [0.25, 0.3) is 0 Å². The Morgan fingerprint density at radius 2 is 2.38 bits per heavy atom. The van der Waals surface area contributed by atoms with Gasteiger partial charge in [0, 0.05) is 12.7 Å². The van der Waals surface area contributed by atoms with Crippen LogP contribution >= 0.6 is 11.6 Å². The van der Waals surface area contributed by atoms with Crippen molar-refractivity contribution in [2.45, 2.75) is 25.8 Å². The van der Waals surface area contributed by atoms with Gasteiger partial charge in [-0.25, -0.2) is 14.7 Å². The van der Waals surface area contributed by atoms with Crippen molar-refractivity contribution >= 4 is 33.7 Å². The van der Waals surface area contributed by atoms with Crippen LogP contribution in [-0.2, 0) is 19.7 Å². The number of carbonyl (C=O) groups excluding carboxylic acids is 1. The number of aromatic nitrogens is 2. The Morgan fingerprint density at radius 3 is 3.05 bits per heavy atom. The van der Waals surface area contributed by atoms with E-state index < -0.39 is 22.2 Å². The molecule has 1 aromatic heterocycles. The van der Waals surface area contributed by atoms with Crippen molar-refractivity contribution in [3.63, 3.8) is 0 Å². The molecule has 8 nitrogen and oxygen atoms in total. The van der Waals surface area contributed by atoms with Crippen LogP contribution in [0.4, 0.5) is 5.95 Å². The van der Waals surface area contributed by atoms with E-state index >= 15 is 0 Å². The number of anilines is 1. The van der Waals surface area contributed by atoms with Gasteiger partial charge in [0.05, 0.1) is 6.61 Å². The van der Waals surface area contributed by atoms with Crippen LogP contribution in [0.3, 0.4) is 0 Å². The SMILES string of the molecule is CCOC(=O)C1CCCN1S(=O)(=O)Nc1nccc(Cl)n1. The number of hydrogen-bond acceptors (Lipinski definition) is 6. The molecule has 1 saturated heterocycles. The van der Waals surface area contributed by atoms with Gasteiger partial charge in [-0.2, -0.15) is 12.7 Å². The summed E-state index contributed by atoms with van der Waals surface area (Å²) in [5, 5.41) is 0.117. The number of carbonyl (C=O) groups is 1. The maximum Gasteiger partial charge on any atom is 0.324 e. The zero-order valence-corrected chi connectivity index (χ0v) is 12.9. The molecule has 2 heterocycles. The first-order valence-electron chi connectivity index (χ1n) is 6.39. The molecule has 10 heteroatoms. The zero-order valence-electron chi connectivity index (χ0n) is 11.3. The molecule has 21 heavy (non-hydrogen) atoms. The van der Waals surface area contributed by atoms with Crippen LogP contribution in [0.15, 0.2) is 12.3 Å². The van der Waals surface area contributed by atoms with E-state index in [2.05, 4.69) is 14.7 Å². The monoisotopic (exact) mass is 334 g/mol. The van der Waals surface area contributed by atoms with Crippen LogP contribution in [0.1, 0.15) is 19.8 Å². The van der Waals surface area contributed by atoms with Crippen molar-refractivity contribution in [1.82, 2.24) is 14.3 Å². The van der Waals surface area contributed by atoms with Gasteiger partial charge in [0.1, 0.15) is 11.2 Å². The predicted octanol–water partition coefficient (Wildman–Crippen LogP) is 0.814. The third-order valence-electron chi connectivity index (χ3n) is 2.91. The van der Waals surface area contributed by atoms with Crippen LogP contribution in [0, 0.1) is 0 Å². The molecule has 0 spiro atoms. The molecule has 0 radical (unpaired) electrons. The van der Waals surface area contributed by atoms with Crippen molar-refractivity contribution in [3.05, 3.63) is 17.4 Å². The van der Waals surface area contributed by atoms with Crippen LogP contribution in [-0.4, -0.2) is 47.9 Å². The Bertz CT molecular complexity index is 624. The highest BCUT2D eigenvalue weighted by Gasteiger charge is 2.39. The highest BCUT2D eigenvalue weighted by molar-refractivity contribution is 7.90. The maximum absolute atomic E-state index is 12.3. The van der Waals surface area contributed by atoms with Crippen molar-refractivity contribution in [3.8, 4) is 0 Å². The Kier molecular flexibility index (Phi) is 4.96. The second kappa shape index (κ2) is 6.54. The molecule has 1 unspecified atom stereocenters. The molecular formula is C11H15ClN4O4S. The largest absolute Gasteiger partial charge is 0.465 e. The summed E-state index contributed by atoms with van der Waals surface area (Å²) in [7, 11) is -3.94. The minimum atomic E-state index is -3.94. The molecule has 1 fully saturated rings. The average molecular weight is 335 g/mol. The number of nitrogens with one attached hydrogen (secondary N) is 1. The van der Waals surface area contributed by atoms with Gasteiger partial charge in [-0.1, -0.05) is 11.6 Å². The number of hydrogen-bond donors (Lipinski definition) is 1. The lowest BCUT2D eigenvalue weighted by Crippen LogP contribution is -2.44. The van der Waals surface area contributed by atoms with E-state index in [4.69, 9.17) is 16.3 Å². The van der Waals surface area contributed by atoms with Crippen molar-refractivity contribution in [1.29, 1.82) is 0 Å². The Morgan fingerprint density at radius 1 is 1.62 bits per heavy atom. The normalized spacial score (nSPS) is 19.4. The van der Waals surface area contributed by atoms with E-state index in [1.807, 2.05) is 0 Å². The molecule has 1 aliphatic rings. The van der Waals surface area contributed by atoms with E-state index in [1.54, 1.807) is 6.92 Å². The number of esters is 1. The summed E-state index contributed by atoms with van der Waals surface area (Å²) in [6, 6.07) is 0.609. The van der Waals surface area contributed by atoms with Gasteiger partial charge in [-0.15, -0.1) is 0 Å². The van der Waals surface area contributed by atoms with E-state index in [0.717, 1.165) is 4.31 Å². The molecular weight excluding hydrogens is 320 g/mol. The summed E-state index contributed by atoms with van der Waals surface area (Å²) in [5.74, 6) is -0.690. The fraction of sp³-hybridized carbons (Fsp3) is 0.545. The lowest BCUT2D eigenvalue weighted by molar-refractivity contribution is -0.146. The zero-order chi connectivity index (χ0) is 15.5. The predicted molar refractivity (Wildman–Crippen MR) is 75.9 cm³/mol. The summed E-state index contributed by atoms with van der Waals surface area (Å²) in [6.07, 6.45) is 2.34. The third-order valence-corrected chi connectivity index (χ3v) is 4.62. The molecule has 0 aliphatic carbocycles. The van der Waals surface area contributed by atoms with Gasteiger partial charge >= 0.3 is 16.2 Å². The molecule has 2 rings (SSSR count). The molecule has 1 N–H and O–H groups in total. The molecule has 1 aliphatic heterocycles. The van der Waals surface area contributed by atoms with Gasteiger partial charge in [0.2, 0.25) is 5.95 Å². The second-order valence-corrected chi connectivity index (χ2v) is 6.34. The standard InChI is InChI=1S/C11H15ClN4O4S/c1-2-20-10(17)8-4-3-7-16(8)21(18,19)15-11-13-6-5-9(12)14-11/h5-6,8H,2-4,7H2,1H3,(H,13,14,15).